The zero-order valence-electron chi connectivity index (χ0n) is 14.6. The maximum atomic E-state index is 13.1. The number of nitrogens with zero attached hydrogens (tertiary/aromatic N) is 4. The minimum absolute atomic E-state index is 0.274. The van der Waals surface area contributed by atoms with Crippen molar-refractivity contribution in [1.82, 2.24) is 19.7 Å². The lowest BCUT2D eigenvalue weighted by atomic mass is 9.91. The van der Waals surface area contributed by atoms with Crippen LogP contribution in [-0.2, 0) is 17.9 Å². The van der Waals surface area contributed by atoms with Crippen LogP contribution in [0.3, 0.4) is 0 Å². The largest absolute Gasteiger partial charge is 0.343 e. The van der Waals surface area contributed by atoms with Gasteiger partial charge in [0, 0.05) is 63.6 Å². The fourth-order valence-corrected chi connectivity index (χ4v) is 4.83. The summed E-state index contributed by atoms with van der Waals surface area (Å²) in [4.78, 5) is 25.5. The van der Waals surface area contributed by atoms with Crippen LogP contribution in [0.1, 0.15) is 16.9 Å². The quantitative estimate of drug-likeness (QED) is 0.841. The summed E-state index contributed by atoms with van der Waals surface area (Å²) in [5.41, 5.74) is 0.788. The SMILES string of the molecule is CN1CCN(Cc2cccnc2)C2(CCN(Cc3cccs3)C2)C1=O. The third kappa shape index (κ3) is 3.21. The van der Waals surface area contributed by atoms with Crippen LogP contribution in [0.5, 0.6) is 0 Å². The van der Waals surface area contributed by atoms with Gasteiger partial charge in [-0.1, -0.05) is 12.1 Å². The molecule has 1 amide bonds. The highest BCUT2D eigenvalue weighted by Gasteiger charge is 2.52. The number of carbonyl (C=O) groups is 1. The first-order chi connectivity index (χ1) is 12.2. The maximum absolute atomic E-state index is 13.1. The van der Waals surface area contributed by atoms with Gasteiger partial charge in [-0.05, 0) is 29.5 Å². The number of piperazine rings is 1. The molecule has 0 aliphatic carbocycles. The van der Waals surface area contributed by atoms with Crippen LogP contribution in [0.15, 0.2) is 42.0 Å². The Hall–Kier alpha value is -1.76. The van der Waals surface area contributed by atoms with E-state index in [0.717, 1.165) is 45.7 Å². The Morgan fingerprint density at radius 1 is 1.20 bits per heavy atom. The van der Waals surface area contributed by atoms with Crippen LogP contribution in [0, 0.1) is 0 Å². The van der Waals surface area contributed by atoms with Gasteiger partial charge in [-0.25, -0.2) is 0 Å². The van der Waals surface area contributed by atoms with Gasteiger partial charge in [-0.2, -0.15) is 0 Å². The molecule has 0 N–H and O–H groups in total. The van der Waals surface area contributed by atoms with E-state index >= 15 is 0 Å². The number of amides is 1. The Balaban J connectivity index is 1.55. The molecule has 4 heterocycles. The van der Waals surface area contributed by atoms with Crippen LogP contribution < -0.4 is 0 Å². The van der Waals surface area contributed by atoms with Gasteiger partial charge in [-0.3, -0.25) is 19.6 Å². The Morgan fingerprint density at radius 2 is 2.12 bits per heavy atom. The minimum atomic E-state index is -0.389. The number of pyridine rings is 1. The van der Waals surface area contributed by atoms with Crippen molar-refractivity contribution in [1.29, 1.82) is 0 Å². The normalized spacial score (nSPS) is 25.2. The first-order valence-electron chi connectivity index (χ1n) is 8.82. The summed E-state index contributed by atoms with van der Waals surface area (Å²) in [6.07, 6.45) is 4.61. The Labute approximate surface area is 152 Å². The fraction of sp³-hybridized carbons (Fsp3) is 0.474. The Morgan fingerprint density at radius 3 is 2.88 bits per heavy atom. The molecule has 2 aromatic heterocycles. The molecule has 0 aromatic carbocycles. The minimum Gasteiger partial charge on any atom is -0.343 e. The third-order valence-electron chi connectivity index (χ3n) is 5.44. The smallest absolute Gasteiger partial charge is 0.244 e. The molecule has 1 spiro atoms. The van der Waals surface area contributed by atoms with E-state index in [1.807, 2.05) is 24.2 Å². The van der Waals surface area contributed by atoms with Crippen LogP contribution >= 0.6 is 11.3 Å². The molecule has 6 heteroatoms. The van der Waals surface area contributed by atoms with Crippen molar-refractivity contribution in [3.05, 3.63) is 52.5 Å². The number of thiophene rings is 1. The molecule has 132 valence electrons. The number of hydrogen-bond acceptors (Lipinski definition) is 5. The molecule has 5 nitrogen and oxygen atoms in total. The number of aromatic nitrogens is 1. The lowest BCUT2D eigenvalue weighted by molar-refractivity contribution is -0.149. The summed E-state index contributed by atoms with van der Waals surface area (Å²) in [6, 6.07) is 8.34. The van der Waals surface area contributed by atoms with E-state index in [4.69, 9.17) is 0 Å². The van der Waals surface area contributed by atoms with E-state index in [2.05, 4.69) is 38.4 Å². The number of likely N-dealkylation sites (tertiary alicyclic amines) is 1. The number of carbonyl (C=O) groups excluding carboxylic acids is 1. The molecule has 0 saturated carbocycles. The van der Waals surface area contributed by atoms with Crippen LogP contribution in [0.25, 0.3) is 0 Å². The van der Waals surface area contributed by atoms with E-state index < -0.39 is 0 Å². The molecule has 1 atom stereocenters. The van der Waals surface area contributed by atoms with Gasteiger partial charge < -0.3 is 4.90 Å². The van der Waals surface area contributed by atoms with Gasteiger partial charge in [0.25, 0.3) is 0 Å². The molecule has 0 radical (unpaired) electrons. The Kier molecular flexibility index (Phi) is 4.58. The van der Waals surface area contributed by atoms with Crippen molar-refractivity contribution in [2.45, 2.75) is 25.0 Å². The third-order valence-corrected chi connectivity index (χ3v) is 6.30. The van der Waals surface area contributed by atoms with Crippen LogP contribution in [0.4, 0.5) is 0 Å². The predicted octanol–water partition coefficient (Wildman–Crippen LogP) is 2.06. The number of rotatable bonds is 4. The zero-order chi connectivity index (χ0) is 17.3. The second-order valence-corrected chi connectivity index (χ2v) is 8.11. The standard InChI is InChI=1S/C19H24N4OS/c1-21-9-10-23(13-16-4-2-7-20-12-16)19(18(21)24)6-8-22(15-19)14-17-5-3-11-25-17/h2-5,7,11-12H,6,8-10,13-15H2,1H3. The first-order valence-corrected chi connectivity index (χ1v) is 9.70. The summed E-state index contributed by atoms with van der Waals surface area (Å²) in [6.45, 7) is 5.24. The van der Waals surface area contributed by atoms with Crippen molar-refractivity contribution in [3.63, 3.8) is 0 Å². The molecule has 2 aliphatic heterocycles. The summed E-state index contributed by atoms with van der Waals surface area (Å²) in [7, 11) is 1.94. The van der Waals surface area contributed by atoms with Gasteiger partial charge >= 0.3 is 0 Å². The molecule has 2 aromatic rings. The van der Waals surface area contributed by atoms with E-state index in [1.54, 1.807) is 17.5 Å². The summed E-state index contributed by atoms with van der Waals surface area (Å²) in [5.74, 6) is 0.274. The van der Waals surface area contributed by atoms with Crippen molar-refractivity contribution >= 4 is 17.2 Å². The highest BCUT2D eigenvalue weighted by molar-refractivity contribution is 7.09. The predicted molar refractivity (Wildman–Crippen MR) is 99.2 cm³/mol. The van der Waals surface area contributed by atoms with Gasteiger partial charge in [0.2, 0.25) is 5.91 Å². The van der Waals surface area contributed by atoms with Crippen molar-refractivity contribution in [3.8, 4) is 0 Å². The van der Waals surface area contributed by atoms with Crippen molar-refractivity contribution < 1.29 is 4.79 Å². The second kappa shape index (κ2) is 6.86. The van der Waals surface area contributed by atoms with E-state index in [-0.39, 0.29) is 11.4 Å². The molecular weight excluding hydrogens is 332 g/mol. The summed E-state index contributed by atoms with van der Waals surface area (Å²) < 4.78 is 0. The topological polar surface area (TPSA) is 39.7 Å². The second-order valence-electron chi connectivity index (χ2n) is 7.08. The van der Waals surface area contributed by atoms with E-state index in [9.17, 15) is 4.79 Å². The molecule has 0 bridgehead atoms. The summed E-state index contributed by atoms with van der Waals surface area (Å²) >= 11 is 1.79. The fourth-order valence-electron chi connectivity index (χ4n) is 4.08. The van der Waals surface area contributed by atoms with E-state index in [1.165, 1.54) is 10.4 Å². The van der Waals surface area contributed by atoms with Crippen LogP contribution in [0.2, 0.25) is 0 Å². The number of hydrogen-bond donors (Lipinski definition) is 0. The average molecular weight is 356 g/mol. The van der Waals surface area contributed by atoms with Gasteiger partial charge in [0.15, 0.2) is 0 Å². The van der Waals surface area contributed by atoms with Gasteiger partial charge in [-0.15, -0.1) is 11.3 Å². The first kappa shape index (κ1) is 16.7. The molecular formula is C19H24N4OS. The highest BCUT2D eigenvalue weighted by Crippen LogP contribution is 2.34. The maximum Gasteiger partial charge on any atom is 0.244 e. The average Bonchev–Trinajstić information content (AvgIpc) is 3.28. The monoisotopic (exact) mass is 356 g/mol. The molecule has 4 rings (SSSR count). The zero-order valence-corrected chi connectivity index (χ0v) is 15.4. The lowest BCUT2D eigenvalue weighted by Gasteiger charge is -2.46. The van der Waals surface area contributed by atoms with Crippen LogP contribution in [-0.4, -0.2) is 64.4 Å². The highest BCUT2D eigenvalue weighted by atomic mass is 32.1. The molecule has 2 saturated heterocycles. The summed E-state index contributed by atoms with van der Waals surface area (Å²) in [5, 5.41) is 2.12. The molecule has 25 heavy (non-hydrogen) atoms. The number of likely N-dealkylation sites (N-methyl/N-ethyl adjacent to an activating group) is 1. The lowest BCUT2D eigenvalue weighted by Crippen LogP contribution is -2.65. The molecule has 1 unspecified atom stereocenters. The Bertz CT molecular complexity index is 720. The van der Waals surface area contributed by atoms with Gasteiger partial charge in [0.1, 0.15) is 5.54 Å². The molecule has 2 aliphatic rings. The van der Waals surface area contributed by atoms with Crippen molar-refractivity contribution in [2.75, 3.05) is 33.2 Å². The van der Waals surface area contributed by atoms with Gasteiger partial charge in [0.05, 0.1) is 0 Å². The van der Waals surface area contributed by atoms with Crippen molar-refractivity contribution in [2.24, 2.45) is 0 Å². The molecule has 2 fully saturated rings. The van der Waals surface area contributed by atoms with E-state index in [0.29, 0.717) is 0 Å².